The van der Waals surface area contributed by atoms with Crippen molar-refractivity contribution in [1.29, 1.82) is 0 Å². The fourth-order valence-corrected chi connectivity index (χ4v) is 5.51. The van der Waals surface area contributed by atoms with Gasteiger partial charge in [-0.05, 0) is 24.5 Å². The fraction of sp³-hybridized carbons (Fsp3) is 0.533. The minimum absolute atomic E-state index is 0.0601. The zero-order chi connectivity index (χ0) is 18.7. The molecule has 0 spiro atoms. The molecule has 2 atom stereocenters. The number of benzene rings is 1. The number of nitrogens with zero attached hydrogens (tertiary/aromatic N) is 1. The lowest BCUT2D eigenvalue weighted by Crippen LogP contribution is -2.47. The second-order valence-corrected chi connectivity index (χ2v) is 10.1. The number of carbonyl (C=O) groups is 1. The highest BCUT2D eigenvalue weighted by molar-refractivity contribution is 7.90. The Morgan fingerprint density at radius 3 is 2.44 bits per heavy atom. The highest BCUT2D eigenvalue weighted by Gasteiger charge is 2.35. The molecule has 2 rings (SSSR count). The molecule has 1 aromatic carbocycles. The number of piperidine rings is 1. The number of rotatable bonds is 7. The van der Waals surface area contributed by atoms with Crippen molar-refractivity contribution in [3.05, 3.63) is 30.3 Å². The molecule has 25 heavy (non-hydrogen) atoms. The van der Waals surface area contributed by atoms with E-state index in [9.17, 15) is 21.6 Å². The van der Waals surface area contributed by atoms with E-state index in [1.165, 1.54) is 12.1 Å². The molecule has 8 nitrogen and oxygen atoms in total. The summed E-state index contributed by atoms with van der Waals surface area (Å²) in [7, 11) is -7.52. The van der Waals surface area contributed by atoms with Crippen LogP contribution in [0.2, 0.25) is 0 Å². The van der Waals surface area contributed by atoms with Crippen molar-refractivity contribution in [2.24, 2.45) is 11.8 Å². The number of nitrogens with one attached hydrogen (secondary N) is 1. The maximum absolute atomic E-state index is 12.4. The van der Waals surface area contributed by atoms with Crippen LogP contribution < -0.4 is 4.72 Å². The average Bonchev–Trinajstić information content (AvgIpc) is 2.54. The van der Waals surface area contributed by atoms with Crippen molar-refractivity contribution in [2.45, 2.75) is 18.2 Å². The van der Waals surface area contributed by atoms with Crippen molar-refractivity contribution in [2.75, 3.05) is 25.4 Å². The van der Waals surface area contributed by atoms with Crippen LogP contribution in [0.5, 0.6) is 0 Å². The van der Waals surface area contributed by atoms with E-state index in [1.54, 1.807) is 25.1 Å². The van der Waals surface area contributed by atoms with Crippen molar-refractivity contribution >= 4 is 26.0 Å². The Hall–Kier alpha value is -1.49. The predicted octanol–water partition coefficient (Wildman–Crippen LogP) is 0.337. The van der Waals surface area contributed by atoms with Crippen LogP contribution in [0.3, 0.4) is 0 Å². The molecule has 0 amide bonds. The van der Waals surface area contributed by atoms with Crippen LogP contribution in [0.25, 0.3) is 0 Å². The molecule has 2 unspecified atom stereocenters. The maximum atomic E-state index is 12.4. The first-order chi connectivity index (χ1) is 11.6. The Morgan fingerprint density at radius 2 is 1.84 bits per heavy atom. The topological polar surface area (TPSA) is 121 Å². The van der Waals surface area contributed by atoms with Crippen LogP contribution in [0.1, 0.15) is 13.3 Å². The van der Waals surface area contributed by atoms with Crippen molar-refractivity contribution in [3.63, 3.8) is 0 Å². The molecular weight excluding hydrogens is 368 g/mol. The lowest BCUT2D eigenvalue weighted by molar-refractivity contribution is -0.143. The van der Waals surface area contributed by atoms with E-state index in [4.69, 9.17) is 5.11 Å². The molecular formula is C15H22N2O6S2. The highest BCUT2D eigenvalue weighted by Crippen LogP contribution is 2.24. The van der Waals surface area contributed by atoms with Gasteiger partial charge in [-0.25, -0.2) is 25.9 Å². The summed E-state index contributed by atoms with van der Waals surface area (Å²) in [5, 5.41) is 9.14. The van der Waals surface area contributed by atoms with Gasteiger partial charge in [-0.15, -0.1) is 0 Å². The second-order valence-electron chi connectivity index (χ2n) is 6.22. The lowest BCUT2D eigenvalue weighted by Gasteiger charge is -2.33. The smallest absolute Gasteiger partial charge is 0.307 e. The second kappa shape index (κ2) is 7.81. The Labute approximate surface area is 147 Å². The summed E-state index contributed by atoms with van der Waals surface area (Å²) in [4.78, 5) is 11.2. The van der Waals surface area contributed by atoms with Crippen molar-refractivity contribution < 1.29 is 26.7 Å². The molecule has 1 aliphatic rings. The number of carboxylic acid groups (broad SMARTS) is 1. The molecule has 0 bridgehead atoms. The van der Waals surface area contributed by atoms with E-state index >= 15 is 0 Å². The zero-order valence-corrected chi connectivity index (χ0v) is 15.5. The van der Waals surface area contributed by atoms with Crippen LogP contribution in [0.4, 0.5) is 0 Å². The Morgan fingerprint density at radius 1 is 1.20 bits per heavy atom. The zero-order valence-electron chi connectivity index (χ0n) is 13.8. The summed E-state index contributed by atoms with van der Waals surface area (Å²) < 4.78 is 52.4. The normalized spacial score (nSPS) is 22.6. The summed E-state index contributed by atoms with van der Waals surface area (Å²) in [5.41, 5.74) is 0. The van der Waals surface area contributed by atoms with E-state index in [1.807, 2.05) is 0 Å². The minimum Gasteiger partial charge on any atom is -0.481 e. The Balaban J connectivity index is 1.98. The van der Waals surface area contributed by atoms with Crippen LogP contribution in [0, 0.1) is 11.8 Å². The third kappa shape index (κ3) is 5.24. The first-order valence-electron chi connectivity index (χ1n) is 7.87. The lowest BCUT2D eigenvalue weighted by atomic mass is 9.92. The Kier molecular flexibility index (Phi) is 6.20. The SMILES string of the molecule is CC1CC(C(=O)O)CN(S(=O)(=O)CCNS(=O)(=O)c2ccccc2)C1. The number of sulfonamides is 2. The van der Waals surface area contributed by atoms with Gasteiger partial charge in [-0.3, -0.25) is 4.79 Å². The molecule has 1 fully saturated rings. The van der Waals surface area contributed by atoms with Crippen LogP contribution in [0.15, 0.2) is 35.2 Å². The summed E-state index contributed by atoms with van der Waals surface area (Å²) in [6.07, 6.45) is 0.433. The van der Waals surface area contributed by atoms with Gasteiger partial charge < -0.3 is 5.11 Å². The quantitative estimate of drug-likeness (QED) is 0.692. The predicted molar refractivity (Wildman–Crippen MR) is 91.9 cm³/mol. The summed E-state index contributed by atoms with van der Waals surface area (Å²) in [6, 6.07) is 7.67. The molecule has 0 saturated carbocycles. The summed E-state index contributed by atoms with van der Waals surface area (Å²) >= 11 is 0. The van der Waals surface area contributed by atoms with Gasteiger partial charge >= 0.3 is 5.97 Å². The van der Waals surface area contributed by atoms with Gasteiger partial charge in [-0.1, -0.05) is 25.1 Å². The van der Waals surface area contributed by atoms with E-state index < -0.39 is 37.7 Å². The van der Waals surface area contributed by atoms with Gasteiger partial charge in [0, 0.05) is 19.6 Å². The molecule has 0 aliphatic carbocycles. The number of hydrogen-bond donors (Lipinski definition) is 2. The van der Waals surface area contributed by atoms with Gasteiger partial charge in [0.2, 0.25) is 20.0 Å². The monoisotopic (exact) mass is 390 g/mol. The highest BCUT2D eigenvalue weighted by atomic mass is 32.2. The van der Waals surface area contributed by atoms with Crippen LogP contribution in [-0.2, 0) is 24.8 Å². The molecule has 2 N–H and O–H groups in total. The molecule has 10 heteroatoms. The molecule has 1 aromatic rings. The number of hydrogen-bond acceptors (Lipinski definition) is 5. The molecule has 1 saturated heterocycles. The van der Waals surface area contributed by atoms with Crippen LogP contribution in [-0.4, -0.2) is 57.6 Å². The first-order valence-corrected chi connectivity index (χ1v) is 11.0. The van der Waals surface area contributed by atoms with E-state index in [-0.39, 0.29) is 30.4 Å². The average molecular weight is 390 g/mol. The molecule has 1 heterocycles. The summed E-state index contributed by atoms with van der Waals surface area (Å²) in [5.74, 6) is -2.24. The molecule has 0 radical (unpaired) electrons. The fourth-order valence-electron chi connectivity index (χ4n) is 2.83. The van der Waals surface area contributed by atoms with Crippen LogP contribution >= 0.6 is 0 Å². The summed E-state index contributed by atoms with van der Waals surface area (Å²) in [6.45, 7) is 1.70. The molecule has 140 valence electrons. The number of carboxylic acids is 1. The van der Waals surface area contributed by atoms with Gasteiger partial charge in [0.25, 0.3) is 0 Å². The molecule has 0 aromatic heterocycles. The van der Waals surface area contributed by atoms with Gasteiger partial charge in [-0.2, -0.15) is 0 Å². The van der Waals surface area contributed by atoms with E-state index in [2.05, 4.69) is 4.72 Å². The minimum atomic E-state index is -3.78. The first kappa shape index (κ1) is 19.8. The van der Waals surface area contributed by atoms with Gasteiger partial charge in [0.1, 0.15) is 0 Å². The third-order valence-electron chi connectivity index (χ3n) is 4.07. The van der Waals surface area contributed by atoms with E-state index in [0.29, 0.717) is 6.42 Å². The maximum Gasteiger partial charge on any atom is 0.307 e. The number of aliphatic carboxylic acids is 1. The van der Waals surface area contributed by atoms with Gasteiger partial charge in [0.05, 0.1) is 16.6 Å². The van der Waals surface area contributed by atoms with E-state index in [0.717, 1.165) is 4.31 Å². The van der Waals surface area contributed by atoms with Gasteiger partial charge in [0.15, 0.2) is 0 Å². The third-order valence-corrected chi connectivity index (χ3v) is 7.36. The van der Waals surface area contributed by atoms with Crippen molar-refractivity contribution in [3.8, 4) is 0 Å². The van der Waals surface area contributed by atoms with Crippen molar-refractivity contribution in [1.82, 2.24) is 9.03 Å². The molecule has 1 aliphatic heterocycles. The standard InChI is InChI=1S/C15H22N2O6S2/c1-12-9-13(15(18)19)11-17(10-12)24(20,21)8-7-16-25(22,23)14-5-3-2-4-6-14/h2-6,12-13,16H,7-11H2,1H3,(H,18,19). The Bertz CT molecular complexity index is 808. The largest absolute Gasteiger partial charge is 0.481 e.